The molecule has 2 rings (SSSR count). The number of hydrogen-bond donors (Lipinski definition) is 1. The molecule has 1 heterocycles. The van der Waals surface area contributed by atoms with E-state index in [2.05, 4.69) is 5.10 Å². The number of aryl methyl sites for hydroxylation is 2. The highest BCUT2D eigenvalue weighted by Gasteiger charge is 2.19. The molecule has 6 heteroatoms. The third-order valence-electron chi connectivity index (χ3n) is 2.52. The molecule has 1 aromatic carbocycles. The van der Waals surface area contributed by atoms with Crippen molar-refractivity contribution in [3.8, 4) is 11.1 Å². The van der Waals surface area contributed by atoms with Gasteiger partial charge in [-0.25, -0.2) is 4.39 Å². The predicted molar refractivity (Wildman–Crippen MR) is 67.8 cm³/mol. The average molecular weight is 274 g/mol. The molecule has 3 nitrogen and oxygen atoms in total. The Morgan fingerprint density at radius 2 is 1.76 bits per heavy atom. The Morgan fingerprint density at radius 3 is 2.18 bits per heavy atom. The van der Waals surface area contributed by atoms with Gasteiger partial charge in [-0.2, -0.15) is 5.10 Å². The van der Waals surface area contributed by atoms with E-state index in [0.717, 1.165) is 0 Å². The fourth-order valence-electron chi connectivity index (χ4n) is 1.77. The van der Waals surface area contributed by atoms with Gasteiger partial charge >= 0.3 is 0 Å². The molecule has 0 aliphatic rings. The van der Waals surface area contributed by atoms with Gasteiger partial charge in [-0.1, -0.05) is 23.2 Å². The Labute approximate surface area is 108 Å². The number of halogens is 3. The molecule has 0 aliphatic carbocycles. The maximum atomic E-state index is 13.1. The quantitative estimate of drug-likeness (QED) is 0.865. The molecule has 0 fully saturated rings. The van der Waals surface area contributed by atoms with Crippen molar-refractivity contribution in [2.75, 3.05) is 5.73 Å². The van der Waals surface area contributed by atoms with E-state index in [4.69, 9.17) is 28.9 Å². The zero-order chi connectivity index (χ0) is 12.7. The highest BCUT2D eigenvalue weighted by Crippen LogP contribution is 2.39. The maximum absolute atomic E-state index is 13.1. The van der Waals surface area contributed by atoms with Gasteiger partial charge in [0, 0.05) is 18.2 Å². The second kappa shape index (κ2) is 4.20. The highest BCUT2D eigenvalue weighted by molar-refractivity contribution is 6.39. The van der Waals surface area contributed by atoms with Gasteiger partial charge in [0.25, 0.3) is 0 Å². The van der Waals surface area contributed by atoms with Crippen LogP contribution in [0.4, 0.5) is 10.2 Å². The molecule has 0 unspecified atom stereocenters. The second-order valence-corrected chi connectivity index (χ2v) is 4.53. The van der Waals surface area contributed by atoms with Gasteiger partial charge in [0.05, 0.1) is 15.7 Å². The first-order valence-electron chi connectivity index (χ1n) is 4.85. The second-order valence-electron chi connectivity index (χ2n) is 3.71. The van der Waals surface area contributed by atoms with Crippen molar-refractivity contribution in [3.05, 3.63) is 33.7 Å². The van der Waals surface area contributed by atoms with E-state index < -0.39 is 5.82 Å². The zero-order valence-electron chi connectivity index (χ0n) is 9.26. The summed E-state index contributed by atoms with van der Waals surface area (Å²) in [5.74, 6) is -0.0400. The summed E-state index contributed by atoms with van der Waals surface area (Å²) < 4.78 is 14.6. The molecule has 0 spiro atoms. The van der Waals surface area contributed by atoms with E-state index >= 15 is 0 Å². The smallest absolute Gasteiger partial charge is 0.129 e. The lowest BCUT2D eigenvalue weighted by molar-refractivity contribution is 0.628. The molecule has 17 heavy (non-hydrogen) atoms. The maximum Gasteiger partial charge on any atom is 0.129 e. The molecule has 2 aromatic rings. The van der Waals surface area contributed by atoms with E-state index in [-0.39, 0.29) is 10.0 Å². The lowest BCUT2D eigenvalue weighted by Gasteiger charge is -2.07. The fraction of sp³-hybridized carbons (Fsp3) is 0.182. The average Bonchev–Trinajstić information content (AvgIpc) is 2.43. The molecule has 0 saturated carbocycles. The Hall–Kier alpha value is -1.26. The van der Waals surface area contributed by atoms with Crippen LogP contribution in [0.15, 0.2) is 12.1 Å². The zero-order valence-corrected chi connectivity index (χ0v) is 10.8. The summed E-state index contributed by atoms with van der Waals surface area (Å²) in [4.78, 5) is 0. The first-order valence-corrected chi connectivity index (χ1v) is 5.61. The van der Waals surface area contributed by atoms with Crippen LogP contribution in [0.3, 0.4) is 0 Å². The Morgan fingerprint density at radius 1 is 1.24 bits per heavy atom. The first-order chi connectivity index (χ1) is 7.91. The summed E-state index contributed by atoms with van der Waals surface area (Å²) in [5.41, 5.74) is 7.75. The van der Waals surface area contributed by atoms with Gasteiger partial charge in [-0.3, -0.25) is 4.68 Å². The molecular formula is C11H10Cl2FN3. The van der Waals surface area contributed by atoms with E-state index in [1.807, 2.05) is 0 Å². The largest absolute Gasteiger partial charge is 0.383 e. The minimum atomic E-state index is -0.483. The summed E-state index contributed by atoms with van der Waals surface area (Å²) in [6, 6.07) is 2.41. The van der Waals surface area contributed by atoms with Gasteiger partial charge in [0.1, 0.15) is 11.6 Å². The number of aromatic nitrogens is 2. The molecule has 0 bridgehead atoms. The third-order valence-corrected chi connectivity index (χ3v) is 3.12. The van der Waals surface area contributed by atoms with Crippen LogP contribution in [0.25, 0.3) is 11.1 Å². The Bertz CT molecular complexity index is 570. The normalized spacial score (nSPS) is 10.9. The highest BCUT2D eigenvalue weighted by atomic mass is 35.5. The van der Waals surface area contributed by atoms with Crippen LogP contribution in [0.2, 0.25) is 10.0 Å². The molecule has 2 N–H and O–H groups in total. The fourth-order valence-corrected chi connectivity index (χ4v) is 2.42. The molecule has 0 radical (unpaired) electrons. The van der Waals surface area contributed by atoms with Crippen molar-refractivity contribution in [1.29, 1.82) is 0 Å². The molecular weight excluding hydrogens is 264 g/mol. The van der Waals surface area contributed by atoms with Gasteiger partial charge in [0.2, 0.25) is 0 Å². The van der Waals surface area contributed by atoms with Crippen molar-refractivity contribution in [3.63, 3.8) is 0 Å². The van der Waals surface area contributed by atoms with Crippen LogP contribution in [0, 0.1) is 12.7 Å². The summed E-state index contributed by atoms with van der Waals surface area (Å²) in [6.07, 6.45) is 0. The van der Waals surface area contributed by atoms with Crippen LogP contribution in [-0.2, 0) is 7.05 Å². The van der Waals surface area contributed by atoms with Crippen molar-refractivity contribution in [1.82, 2.24) is 9.78 Å². The SMILES string of the molecule is Cc1nn(C)c(N)c1-c1c(Cl)cc(F)cc1Cl. The number of anilines is 1. The van der Waals surface area contributed by atoms with Crippen LogP contribution >= 0.6 is 23.2 Å². The number of rotatable bonds is 1. The van der Waals surface area contributed by atoms with Crippen LogP contribution in [0.5, 0.6) is 0 Å². The summed E-state index contributed by atoms with van der Waals surface area (Å²) >= 11 is 12.0. The minimum absolute atomic E-state index is 0.220. The lowest BCUT2D eigenvalue weighted by Crippen LogP contribution is -1.98. The van der Waals surface area contributed by atoms with Crippen LogP contribution in [-0.4, -0.2) is 9.78 Å². The number of nitrogen functional groups attached to an aromatic ring is 1. The monoisotopic (exact) mass is 273 g/mol. The van der Waals surface area contributed by atoms with Crippen molar-refractivity contribution >= 4 is 29.0 Å². The van der Waals surface area contributed by atoms with E-state index in [1.165, 1.54) is 16.8 Å². The van der Waals surface area contributed by atoms with Crippen molar-refractivity contribution in [2.24, 2.45) is 7.05 Å². The summed E-state index contributed by atoms with van der Waals surface area (Å²) in [5, 5.41) is 4.61. The van der Waals surface area contributed by atoms with Gasteiger partial charge in [-0.15, -0.1) is 0 Å². The van der Waals surface area contributed by atoms with Crippen LogP contribution < -0.4 is 5.73 Å². The minimum Gasteiger partial charge on any atom is -0.383 e. The number of hydrogen-bond acceptors (Lipinski definition) is 2. The Balaban J connectivity index is 2.77. The van der Waals surface area contributed by atoms with Crippen LogP contribution in [0.1, 0.15) is 5.69 Å². The van der Waals surface area contributed by atoms with E-state index in [9.17, 15) is 4.39 Å². The molecule has 90 valence electrons. The van der Waals surface area contributed by atoms with Crippen molar-refractivity contribution in [2.45, 2.75) is 6.92 Å². The Kier molecular flexibility index (Phi) is 3.02. The summed E-state index contributed by atoms with van der Waals surface area (Å²) in [6.45, 7) is 1.79. The number of nitrogens with zero attached hydrogens (tertiary/aromatic N) is 2. The number of benzene rings is 1. The molecule has 0 atom stereocenters. The molecule has 0 amide bonds. The van der Waals surface area contributed by atoms with E-state index in [0.29, 0.717) is 22.6 Å². The predicted octanol–water partition coefficient (Wildman–Crippen LogP) is 3.42. The molecule has 0 aliphatic heterocycles. The standard InChI is InChI=1S/C11H10Cl2FN3/c1-5-9(11(15)17(2)16-5)10-7(12)3-6(14)4-8(10)13/h3-4H,15H2,1-2H3. The first kappa shape index (κ1) is 12.2. The topological polar surface area (TPSA) is 43.8 Å². The molecule has 1 aromatic heterocycles. The van der Waals surface area contributed by atoms with Gasteiger partial charge < -0.3 is 5.73 Å². The number of nitrogens with two attached hydrogens (primary N) is 1. The van der Waals surface area contributed by atoms with Gasteiger partial charge in [-0.05, 0) is 19.1 Å². The van der Waals surface area contributed by atoms with E-state index in [1.54, 1.807) is 14.0 Å². The summed E-state index contributed by atoms with van der Waals surface area (Å²) in [7, 11) is 1.72. The lowest BCUT2D eigenvalue weighted by atomic mass is 10.1. The third kappa shape index (κ3) is 1.98. The molecule has 0 saturated heterocycles. The van der Waals surface area contributed by atoms with Crippen molar-refractivity contribution < 1.29 is 4.39 Å². The van der Waals surface area contributed by atoms with Gasteiger partial charge in [0.15, 0.2) is 0 Å².